The van der Waals surface area contributed by atoms with Gasteiger partial charge in [-0.25, -0.2) is 4.57 Å². The van der Waals surface area contributed by atoms with Crippen LogP contribution in [0, 0.1) is 0 Å². The molecule has 0 saturated carbocycles. The van der Waals surface area contributed by atoms with E-state index in [0.29, 0.717) is 0 Å². The molecule has 0 unspecified atom stereocenters. The van der Waals surface area contributed by atoms with E-state index in [1.807, 2.05) is 0 Å². The zero-order valence-corrected chi connectivity index (χ0v) is 8.53. The van der Waals surface area contributed by atoms with Crippen LogP contribution < -0.4 is 0 Å². The van der Waals surface area contributed by atoms with Crippen molar-refractivity contribution in [2.24, 2.45) is 0 Å². The molecular weight excluding hydrogens is 151 g/mol. The van der Waals surface area contributed by atoms with E-state index in [-0.39, 0.29) is 33.8 Å². The molecule has 0 heterocycles. The predicted octanol–water partition coefficient (Wildman–Crippen LogP) is 1.75. The van der Waals surface area contributed by atoms with Gasteiger partial charge in [0, 0.05) is 0 Å². The molecule has 8 heavy (non-hydrogen) atoms. The van der Waals surface area contributed by atoms with E-state index < -0.39 is 8.69 Å². The second kappa shape index (κ2) is 15.8. The van der Waals surface area contributed by atoms with Crippen LogP contribution in [-0.2, 0) is 4.57 Å². The second-order valence-corrected chi connectivity index (χ2v) is 5.83. The molecule has 46 valence electrons. The molecule has 0 fully saturated rings. The fraction of sp³-hybridized carbons (Fsp3) is 1.00. The van der Waals surface area contributed by atoms with E-state index in [1.54, 1.807) is 0 Å². The summed E-state index contributed by atoms with van der Waals surface area (Å²) in [6, 6.07) is 0. The van der Waals surface area contributed by atoms with Crippen molar-refractivity contribution in [3.8, 4) is 0 Å². The van der Waals surface area contributed by atoms with E-state index in [4.69, 9.17) is 9.46 Å². The molecule has 0 aromatic heterocycles. The predicted molar refractivity (Wildman–Crippen MR) is 36.5 cm³/mol. The summed E-state index contributed by atoms with van der Waals surface area (Å²) in [4.78, 5) is 6.99. The molecule has 4 heteroatoms. The summed E-state index contributed by atoms with van der Waals surface area (Å²) in [5.74, 6) is 0. The molecular formula is C4H11CaO2P. The third-order valence-corrected chi connectivity index (χ3v) is 2.92. The molecule has 0 radical (unpaired) electrons. The number of rotatable bonds is 2. The normalized spacial score (nSPS) is 6.88. The first-order valence-corrected chi connectivity index (χ1v) is 6.69. The van der Waals surface area contributed by atoms with Crippen molar-refractivity contribution in [1.29, 1.82) is 0 Å². The van der Waals surface area contributed by atoms with E-state index in [9.17, 15) is 0 Å². The van der Waals surface area contributed by atoms with Gasteiger partial charge in [-0.15, -0.1) is 0 Å². The Morgan fingerprint density at radius 3 is 1.75 bits per heavy atom. The van der Waals surface area contributed by atoms with Crippen LogP contribution in [0.1, 0.15) is 13.8 Å². The van der Waals surface area contributed by atoms with Crippen molar-refractivity contribution in [2.45, 2.75) is 18.9 Å². The molecule has 0 aliphatic heterocycles. The van der Waals surface area contributed by atoms with Crippen molar-refractivity contribution in [1.82, 2.24) is 0 Å². The topological polar surface area (TPSA) is 37.3 Å². The van der Waals surface area contributed by atoms with Gasteiger partial charge in [0.05, 0.1) is 0 Å². The average molecular weight is 162 g/mol. The quantitative estimate of drug-likeness (QED) is 0.496. The van der Waals surface area contributed by atoms with Gasteiger partial charge in [-0.05, 0) is 0 Å². The van der Waals surface area contributed by atoms with Crippen molar-refractivity contribution >= 4 is 42.5 Å². The van der Waals surface area contributed by atoms with Crippen LogP contribution in [-0.4, -0.2) is 38.7 Å². The van der Waals surface area contributed by atoms with Crippen LogP contribution in [0.3, 0.4) is 0 Å². The molecule has 0 bridgehead atoms. The molecule has 0 spiro atoms. The Kier molecular flexibility index (Phi) is 23.7. The molecule has 0 aromatic carbocycles. The van der Waals surface area contributed by atoms with Crippen LogP contribution in [0.5, 0.6) is 0 Å². The molecule has 0 amide bonds. The Balaban J connectivity index is 0. The molecule has 0 saturated heterocycles. The zero-order valence-electron chi connectivity index (χ0n) is 5.42. The van der Waals surface area contributed by atoms with Crippen LogP contribution in [0.2, 0.25) is 5.04 Å². The Morgan fingerprint density at radius 1 is 1.50 bits per heavy atom. The third-order valence-electron chi connectivity index (χ3n) is 0.707. The van der Waals surface area contributed by atoms with E-state index in [0.717, 1.165) is 0 Å². The first-order chi connectivity index (χ1) is 3.83. The molecule has 0 aromatic rings. The van der Waals surface area contributed by atoms with Crippen molar-refractivity contribution in [3.63, 3.8) is 0 Å². The first kappa shape index (κ1) is 12.0. The minimum atomic E-state index is -0.833. The van der Waals surface area contributed by atoms with E-state index >= 15 is 0 Å². The summed E-state index contributed by atoms with van der Waals surface area (Å²) in [6.07, 6.45) is 0. The smallest absolute Gasteiger partial charge is 0.310 e. The van der Waals surface area contributed by atoms with Crippen LogP contribution in [0.4, 0.5) is 0 Å². The minimum Gasteiger partial charge on any atom is -0.310 e. The molecule has 0 aliphatic rings. The first-order valence-electron chi connectivity index (χ1n) is 2.80. The summed E-state index contributed by atoms with van der Waals surface area (Å²) in [7, 11) is -0.833. The monoisotopic (exact) mass is 162 g/mol. The summed E-state index contributed by atoms with van der Waals surface area (Å²) >= 11 is 0.0972. The SMILES string of the molecule is C[CH2][Ca][CH2]C.O=PO. The van der Waals surface area contributed by atoms with Gasteiger partial charge in [0.2, 0.25) is 0 Å². The maximum absolute atomic E-state index is 8.46. The Bertz CT molecular complexity index is 41.0. The Morgan fingerprint density at radius 2 is 1.75 bits per heavy atom. The molecule has 0 aliphatic carbocycles. The van der Waals surface area contributed by atoms with Crippen LogP contribution >= 0.6 is 8.69 Å². The van der Waals surface area contributed by atoms with Gasteiger partial charge in [0.25, 0.3) is 0 Å². The van der Waals surface area contributed by atoms with Gasteiger partial charge >= 0.3 is 61.4 Å². The maximum Gasteiger partial charge on any atom is 0.324 e. The molecule has 0 rings (SSSR count). The van der Waals surface area contributed by atoms with Gasteiger partial charge < -0.3 is 4.89 Å². The zero-order chi connectivity index (χ0) is 6.83. The standard InChI is InChI=1S/2C2H5.Ca.HO2P/c2*1-2;;1-3-2/h2*1H2,2H3;;(H,1,2). The largest absolute Gasteiger partial charge is 0.324 e. The van der Waals surface area contributed by atoms with Crippen LogP contribution in [0.25, 0.3) is 0 Å². The van der Waals surface area contributed by atoms with Gasteiger partial charge in [-0.2, -0.15) is 0 Å². The average Bonchev–Trinajstić information content (AvgIpc) is 1.71. The molecule has 2 nitrogen and oxygen atoms in total. The maximum atomic E-state index is 8.46. The number of hydrogen-bond donors (Lipinski definition) is 1. The van der Waals surface area contributed by atoms with Crippen molar-refractivity contribution in [3.05, 3.63) is 0 Å². The Hall–Kier alpha value is 1.32. The van der Waals surface area contributed by atoms with E-state index in [2.05, 4.69) is 13.8 Å². The summed E-state index contributed by atoms with van der Waals surface area (Å²) in [6.45, 7) is 4.59. The summed E-state index contributed by atoms with van der Waals surface area (Å²) < 4.78 is 11.5. The van der Waals surface area contributed by atoms with E-state index in [1.165, 1.54) is 5.04 Å². The fourth-order valence-corrected chi connectivity index (χ4v) is 1.46. The molecule has 1 N–H and O–H groups in total. The van der Waals surface area contributed by atoms with Gasteiger partial charge in [0.15, 0.2) is 0 Å². The minimum absolute atomic E-state index is 0.0972. The molecule has 0 atom stereocenters. The van der Waals surface area contributed by atoms with Gasteiger partial charge in [0.1, 0.15) is 0 Å². The second-order valence-electron chi connectivity index (χ2n) is 1.44. The number of hydrogen-bond acceptors (Lipinski definition) is 1. The van der Waals surface area contributed by atoms with Crippen LogP contribution in [0.15, 0.2) is 0 Å². The fourth-order valence-electron chi connectivity index (χ4n) is 0.354. The van der Waals surface area contributed by atoms with Crippen molar-refractivity contribution < 1.29 is 9.46 Å². The van der Waals surface area contributed by atoms with Crippen molar-refractivity contribution in [2.75, 3.05) is 0 Å². The summed E-state index contributed by atoms with van der Waals surface area (Å²) in [5, 5.41) is 0. The Labute approximate surface area is 70.3 Å². The van der Waals surface area contributed by atoms with Gasteiger partial charge in [-0.3, -0.25) is 0 Å². The van der Waals surface area contributed by atoms with Gasteiger partial charge in [-0.1, -0.05) is 0 Å². The third kappa shape index (κ3) is 26.5. The summed E-state index contributed by atoms with van der Waals surface area (Å²) in [5.41, 5.74) is 0.